The van der Waals surface area contributed by atoms with E-state index >= 15 is 0 Å². The van der Waals surface area contributed by atoms with Crippen LogP contribution in [0, 0.1) is 0 Å². The van der Waals surface area contributed by atoms with Crippen molar-refractivity contribution < 1.29 is 14.3 Å². The lowest BCUT2D eigenvalue weighted by atomic mass is 9.91. The average molecular weight is 353 g/mol. The lowest BCUT2D eigenvalue weighted by molar-refractivity contribution is 0.0488. The second kappa shape index (κ2) is 7.88. The van der Waals surface area contributed by atoms with Gasteiger partial charge in [0, 0.05) is 22.7 Å². The first-order valence-electron chi connectivity index (χ1n) is 8.29. The number of hydrogen-bond donors (Lipinski definition) is 2. The van der Waals surface area contributed by atoms with Crippen LogP contribution in [0.2, 0.25) is 5.02 Å². The SMILES string of the molecule is CC(C)(C)OC(=O)NC1CCC(NC(=O)c2ccc(Cl)cc2)CC1. The van der Waals surface area contributed by atoms with Crippen LogP contribution in [0.5, 0.6) is 0 Å². The van der Waals surface area contributed by atoms with Crippen LogP contribution >= 0.6 is 11.6 Å². The molecule has 0 spiro atoms. The van der Waals surface area contributed by atoms with Crippen molar-refractivity contribution >= 4 is 23.6 Å². The van der Waals surface area contributed by atoms with Crippen LogP contribution < -0.4 is 10.6 Å². The summed E-state index contributed by atoms with van der Waals surface area (Å²) in [5, 5.41) is 6.55. The van der Waals surface area contributed by atoms with Gasteiger partial charge in [0.2, 0.25) is 0 Å². The van der Waals surface area contributed by atoms with Crippen LogP contribution in [-0.4, -0.2) is 29.7 Å². The number of nitrogens with one attached hydrogen (secondary N) is 2. The van der Waals surface area contributed by atoms with Gasteiger partial charge in [-0.3, -0.25) is 4.79 Å². The molecule has 0 aromatic heterocycles. The number of carbonyl (C=O) groups excluding carboxylic acids is 2. The van der Waals surface area contributed by atoms with Crippen molar-refractivity contribution in [2.75, 3.05) is 0 Å². The summed E-state index contributed by atoms with van der Waals surface area (Å²) in [4.78, 5) is 24.0. The van der Waals surface area contributed by atoms with Gasteiger partial charge in [-0.25, -0.2) is 4.79 Å². The van der Waals surface area contributed by atoms with Crippen molar-refractivity contribution in [1.82, 2.24) is 10.6 Å². The highest BCUT2D eigenvalue weighted by Crippen LogP contribution is 2.20. The van der Waals surface area contributed by atoms with Crippen molar-refractivity contribution in [2.24, 2.45) is 0 Å². The lowest BCUT2D eigenvalue weighted by Gasteiger charge is -2.30. The summed E-state index contributed by atoms with van der Waals surface area (Å²) >= 11 is 5.83. The van der Waals surface area contributed by atoms with Gasteiger partial charge in [0.25, 0.3) is 5.91 Å². The first-order valence-corrected chi connectivity index (χ1v) is 8.67. The van der Waals surface area contributed by atoms with Crippen LogP contribution in [-0.2, 0) is 4.74 Å². The number of alkyl carbamates (subject to hydrolysis) is 1. The number of carbonyl (C=O) groups is 2. The topological polar surface area (TPSA) is 67.4 Å². The fourth-order valence-corrected chi connectivity index (χ4v) is 2.85. The second-order valence-electron chi connectivity index (χ2n) is 7.18. The summed E-state index contributed by atoms with van der Waals surface area (Å²) in [6, 6.07) is 7.07. The van der Waals surface area contributed by atoms with E-state index in [1.807, 2.05) is 20.8 Å². The summed E-state index contributed by atoms with van der Waals surface area (Å²) in [5.41, 5.74) is 0.113. The van der Waals surface area contributed by atoms with E-state index in [-0.39, 0.29) is 24.1 Å². The summed E-state index contributed by atoms with van der Waals surface area (Å²) < 4.78 is 5.27. The second-order valence-corrected chi connectivity index (χ2v) is 7.61. The van der Waals surface area contributed by atoms with E-state index in [0.717, 1.165) is 25.7 Å². The van der Waals surface area contributed by atoms with E-state index in [2.05, 4.69) is 10.6 Å². The molecular weight excluding hydrogens is 328 g/mol. The Kier molecular flexibility index (Phi) is 6.10. The molecule has 0 aliphatic heterocycles. The van der Waals surface area contributed by atoms with Crippen molar-refractivity contribution in [3.63, 3.8) is 0 Å². The van der Waals surface area contributed by atoms with Gasteiger partial charge in [-0.2, -0.15) is 0 Å². The number of rotatable bonds is 3. The molecule has 1 aromatic rings. The fraction of sp³-hybridized carbons (Fsp3) is 0.556. The van der Waals surface area contributed by atoms with E-state index < -0.39 is 5.60 Å². The zero-order valence-electron chi connectivity index (χ0n) is 14.4. The van der Waals surface area contributed by atoms with E-state index in [0.29, 0.717) is 10.6 Å². The molecular formula is C18H25ClN2O3. The molecule has 1 aliphatic carbocycles. The molecule has 0 radical (unpaired) electrons. The molecule has 1 aromatic carbocycles. The van der Waals surface area contributed by atoms with Crippen molar-refractivity contribution in [3.05, 3.63) is 34.9 Å². The number of hydrogen-bond acceptors (Lipinski definition) is 3. The van der Waals surface area contributed by atoms with Crippen LogP contribution in [0.1, 0.15) is 56.8 Å². The van der Waals surface area contributed by atoms with Crippen LogP contribution in [0.25, 0.3) is 0 Å². The van der Waals surface area contributed by atoms with Gasteiger partial charge in [-0.05, 0) is 70.7 Å². The fourth-order valence-electron chi connectivity index (χ4n) is 2.73. The first kappa shape index (κ1) is 18.6. The van der Waals surface area contributed by atoms with Crippen molar-refractivity contribution in [1.29, 1.82) is 0 Å². The highest BCUT2D eigenvalue weighted by Gasteiger charge is 2.25. The zero-order chi connectivity index (χ0) is 17.7. The van der Waals surface area contributed by atoms with Crippen LogP contribution in [0.3, 0.4) is 0 Å². The Bertz CT molecular complexity index is 573. The number of halogens is 1. The minimum atomic E-state index is -0.492. The lowest BCUT2D eigenvalue weighted by Crippen LogP contribution is -2.45. The van der Waals surface area contributed by atoms with E-state index in [9.17, 15) is 9.59 Å². The molecule has 0 bridgehead atoms. The molecule has 2 amide bonds. The summed E-state index contributed by atoms with van der Waals surface area (Å²) in [5.74, 6) is -0.0878. The third-order valence-electron chi connectivity index (χ3n) is 3.89. The minimum absolute atomic E-state index is 0.0878. The number of amides is 2. The van der Waals surface area contributed by atoms with Gasteiger partial charge in [-0.15, -0.1) is 0 Å². The van der Waals surface area contributed by atoms with Crippen LogP contribution in [0.15, 0.2) is 24.3 Å². The zero-order valence-corrected chi connectivity index (χ0v) is 15.2. The Balaban J connectivity index is 1.75. The molecule has 1 aliphatic rings. The molecule has 0 unspecified atom stereocenters. The Morgan fingerprint density at radius 2 is 1.50 bits per heavy atom. The summed E-state index contributed by atoms with van der Waals surface area (Å²) in [6.07, 6.45) is 2.94. The van der Waals surface area contributed by atoms with Crippen molar-refractivity contribution in [2.45, 2.75) is 64.1 Å². The van der Waals surface area contributed by atoms with Gasteiger partial charge in [0.1, 0.15) is 5.60 Å². The summed E-state index contributed by atoms with van der Waals surface area (Å²) in [7, 11) is 0. The molecule has 132 valence electrons. The van der Waals surface area contributed by atoms with Gasteiger partial charge in [-0.1, -0.05) is 11.6 Å². The molecule has 2 N–H and O–H groups in total. The molecule has 2 rings (SSSR count). The maximum atomic E-state index is 12.2. The van der Waals surface area contributed by atoms with Gasteiger partial charge >= 0.3 is 6.09 Å². The predicted octanol–water partition coefficient (Wildman–Crippen LogP) is 3.91. The van der Waals surface area contributed by atoms with Gasteiger partial charge in [0.15, 0.2) is 0 Å². The highest BCUT2D eigenvalue weighted by molar-refractivity contribution is 6.30. The van der Waals surface area contributed by atoms with E-state index in [1.54, 1.807) is 24.3 Å². The Morgan fingerprint density at radius 1 is 1.00 bits per heavy atom. The Labute approximate surface area is 148 Å². The predicted molar refractivity (Wildman–Crippen MR) is 94.3 cm³/mol. The maximum Gasteiger partial charge on any atom is 0.407 e. The Hall–Kier alpha value is -1.75. The standard InChI is InChI=1S/C18H25ClN2O3/c1-18(2,3)24-17(23)21-15-10-8-14(9-11-15)20-16(22)12-4-6-13(19)7-5-12/h4-7,14-15H,8-11H2,1-3H3,(H,20,22)(H,21,23). The molecule has 1 fully saturated rings. The Morgan fingerprint density at radius 3 is 2.00 bits per heavy atom. The maximum absolute atomic E-state index is 12.2. The number of ether oxygens (including phenoxy) is 1. The normalized spacial score (nSPS) is 21.0. The van der Waals surface area contributed by atoms with Gasteiger partial charge in [0.05, 0.1) is 0 Å². The molecule has 1 saturated carbocycles. The van der Waals surface area contributed by atoms with E-state index in [1.165, 1.54) is 0 Å². The largest absolute Gasteiger partial charge is 0.444 e. The third-order valence-corrected chi connectivity index (χ3v) is 4.14. The summed E-state index contributed by atoms with van der Waals surface area (Å²) in [6.45, 7) is 5.53. The monoisotopic (exact) mass is 352 g/mol. The minimum Gasteiger partial charge on any atom is -0.444 e. The number of benzene rings is 1. The molecule has 24 heavy (non-hydrogen) atoms. The average Bonchev–Trinajstić information content (AvgIpc) is 2.48. The van der Waals surface area contributed by atoms with Crippen molar-refractivity contribution in [3.8, 4) is 0 Å². The first-order chi connectivity index (χ1) is 11.2. The molecule has 0 saturated heterocycles. The van der Waals surface area contributed by atoms with E-state index in [4.69, 9.17) is 16.3 Å². The van der Waals surface area contributed by atoms with Gasteiger partial charge < -0.3 is 15.4 Å². The smallest absolute Gasteiger partial charge is 0.407 e. The molecule has 0 atom stereocenters. The molecule has 5 nitrogen and oxygen atoms in total. The quantitative estimate of drug-likeness (QED) is 0.866. The molecule has 6 heteroatoms. The van der Waals surface area contributed by atoms with Crippen LogP contribution in [0.4, 0.5) is 4.79 Å². The molecule has 0 heterocycles. The highest BCUT2D eigenvalue weighted by atomic mass is 35.5. The third kappa shape index (κ3) is 6.04.